The van der Waals surface area contributed by atoms with Crippen LogP contribution in [-0.2, 0) is 32.4 Å². The Bertz CT molecular complexity index is 1350. The van der Waals surface area contributed by atoms with Gasteiger partial charge in [0.05, 0.1) is 12.1 Å². The molecule has 0 bridgehead atoms. The second-order valence-corrected chi connectivity index (χ2v) is 9.07. The van der Waals surface area contributed by atoms with Gasteiger partial charge in [-0.05, 0) is 42.2 Å². The van der Waals surface area contributed by atoms with Crippen molar-refractivity contribution in [2.45, 2.75) is 46.2 Å². The molecule has 8 heteroatoms. The number of benzene rings is 3. The molecule has 1 amide bonds. The molecule has 4 aromatic rings. The normalized spacial score (nSPS) is 11.6. The number of carbonyl (C=O) groups excluding carboxylic acids is 1. The summed E-state index contributed by atoms with van der Waals surface area (Å²) in [5, 5.41) is 2.81. The minimum absolute atomic E-state index is 0.150. The summed E-state index contributed by atoms with van der Waals surface area (Å²) in [7, 11) is 0. The Morgan fingerprint density at radius 3 is 2.43 bits per heavy atom. The number of nitrogens with zero attached hydrogens (tertiary/aromatic N) is 2. The zero-order chi connectivity index (χ0) is 26.4. The van der Waals surface area contributed by atoms with E-state index >= 15 is 0 Å². The van der Waals surface area contributed by atoms with E-state index in [0.717, 1.165) is 34.4 Å². The van der Waals surface area contributed by atoms with Crippen molar-refractivity contribution < 1.29 is 22.4 Å². The summed E-state index contributed by atoms with van der Waals surface area (Å²) in [6.45, 7) is 5.29. The number of oxazole rings is 1. The van der Waals surface area contributed by atoms with Crippen LogP contribution in [-0.4, -0.2) is 15.8 Å². The van der Waals surface area contributed by atoms with Crippen LogP contribution in [0, 0.1) is 13.8 Å². The molecule has 0 fully saturated rings. The van der Waals surface area contributed by atoms with Gasteiger partial charge in [0.2, 0.25) is 5.89 Å². The number of hydrogen-bond donors (Lipinski definition) is 1. The molecular formula is C29H28F3N3O2. The Labute approximate surface area is 214 Å². The Balaban J connectivity index is 1.51. The fraction of sp³-hybridized carbons (Fsp3) is 0.241. The Hall–Kier alpha value is -3.91. The number of rotatable bonds is 9. The summed E-state index contributed by atoms with van der Waals surface area (Å²) in [6.07, 6.45) is -3.12. The average molecular weight is 508 g/mol. The van der Waals surface area contributed by atoms with Crippen LogP contribution in [0.1, 0.15) is 49.8 Å². The van der Waals surface area contributed by atoms with Crippen molar-refractivity contribution in [3.05, 3.63) is 124 Å². The highest BCUT2D eigenvalue weighted by Crippen LogP contribution is 2.30. The van der Waals surface area contributed by atoms with Gasteiger partial charge in [0.15, 0.2) is 5.69 Å². The Kier molecular flexibility index (Phi) is 8.08. The number of halogens is 3. The number of carbonyl (C=O) groups is 1. The third-order valence-electron chi connectivity index (χ3n) is 6.00. The van der Waals surface area contributed by atoms with Gasteiger partial charge in [-0.2, -0.15) is 13.2 Å². The number of nitrogens with one attached hydrogen (secondary N) is 1. The van der Waals surface area contributed by atoms with Crippen LogP contribution in [0.4, 0.5) is 13.2 Å². The summed E-state index contributed by atoms with van der Waals surface area (Å²) >= 11 is 0. The van der Waals surface area contributed by atoms with E-state index in [2.05, 4.69) is 16.4 Å². The molecule has 0 atom stereocenters. The monoisotopic (exact) mass is 507 g/mol. The molecule has 4 rings (SSSR count). The van der Waals surface area contributed by atoms with E-state index in [4.69, 9.17) is 4.42 Å². The maximum atomic E-state index is 13.3. The SMILES string of the molecule is Cc1ccc(C)c(CN(Cc2cccc(C(F)(F)F)c2)Cc2nc(C(=O)NCc3ccccc3)co2)c1. The first-order chi connectivity index (χ1) is 17.7. The minimum atomic E-state index is -4.42. The zero-order valence-corrected chi connectivity index (χ0v) is 20.7. The molecule has 3 aromatic carbocycles. The maximum absolute atomic E-state index is 13.3. The van der Waals surface area contributed by atoms with Crippen LogP contribution in [0.5, 0.6) is 0 Å². The number of amides is 1. The van der Waals surface area contributed by atoms with E-state index < -0.39 is 11.7 Å². The van der Waals surface area contributed by atoms with Crippen LogP contribution < -0.4 is 5.32 Å². The van der Waals surface area contributed by atoms with Crippen LogP contribution in [0.25, 0.3) is 0 Å². The van der Waals surface area contributed by atoms with Gasteiger partial charge in [0.25, 0.3) is 5.91 Å². The number of aryl methyl sites for hydroxylation is 2. The molecule has 0 spiro atoms. The van der Waals surface area contributed by atoms with Gasteiger partial charge in [0, 0.05) is 19.6 Å². The van der Waals surface area contributed by atoms with Gasteiger partial charge < -0.3 is 9.73 Å². The highest BCUT2D eigenvalue weighted by molar-refractivity contribution is 5.91. The maximum Gasteiger partial charge on any atom is 0.416 e. The number of alkyl halides is 3. The first-order valence-corrected chi connectivity index (χ1v) is 11.9. The Morgan fingerprint density at radius 2 is 1.68 bits per heavy atom. The lowest BCUT2D eigenvalue weighted by Crippen LogP contribution is -2.24. The summed E-state index contributed by atoms with van der Waals surface area (Å²) in [5.74, 6) is -0.0556. The van der Waals surface area contributed by atoms with Crippen LogP contribution >= 0.6 is 0 Å². The van der Waals surface area contributed by atoms with Crippen LogP contribution in [0.15, 0.2) is 83.5 Å². The fourth-order valence-electron chi connectivity index (χ4n) is 4.03. The standard InChI is InChI=1S/C29H28F3N3O2/c1-20-11-12-21(2)24(13-20)17-35(16-23-9-6-10-25(14-23)29(30,31)32)18-27-34-26(19-37-27)28(36)33-15-22-7-4-3-5-8-22/h3-14,19H,15-18H2,1-2H3,(H,33,36). The van der Waals surface area contributed by atoms with Crippen LogP contribution in [0.2, 0.25) is 0 Å². The van der Waals surface area contributed by atoms with E-state index in [1.165, 1.54) is 12.3 Å². The highest BCUT2D eigenvalue weighted by atomic mass is 19.4. The fourth-order valence-corrected chi connectivity index (χ4v) is 4.03. The van der Waals surface area contributed by atoms with E-state index in [-0.39, 0.29) is 24.7 Å². The van der Waals surface area contributed by atoms with Crippen molar-refractivity contribution in [1.82, 2.24) is 15.2 Å². The predicted octanol–water partition coefficient (Wildman–Crippen LogP) is 6.44. The first-order valence-electron chi connectivity index (χ1n) is 11.9. The van der Waals surface area contributed by atoms with Crippen LogP contribution in [0.3, 0.4) is 0 Å². The molecule has 5 nitrogen and oxygen atoms in total. The molecule has 1 heterocycles. The van der Waals surface area contributed by atoms with Crippen molar-refractivity contribution in [2.75, 3.05) is 0 Å². The molecule has 192 valence electrons. The number of hydrogen-bond acceptors (Lipinski definition) is 4. The van der Waals surface area contributed by atoms with E-state index in [1.807, 2.05) is 61.2 Å². The van der Waals surface area contributed by atoms with E-state index in [9.17, 15) is 18.0 Å². The molecule has 0 aliphatic carbocycles. The molecular weight excluding hydrogens is 479 g/mol. The molecule has 0 saturated carbocycles. The lowest BCUT2D eigenvalue weighted by atomic mass is 10.0. The lowest BCUT2D eigenvalue weighted by molar-refractivity contribution is -0.137. The van der Waals surface area contributed by atoms with Gasteiger partial charge in [0.1, 0.15) is 6.26 Å². The smallest absolute Gasteiger partial charge is 0.416 e. The van der Waals surface area contributed by atoms with Gasteiger partial charge in [-0.15, -0.1) is 0 Å². The molecule has 0 aliphatic rings. The lowest BCUT2D eigenvalue weighted by Gasteiger charge is -2.23. The average Bonchev–Trinajstić information content (AvgIpc) is 3.33. The van der Waals surface area contributed by atoms with E-state index in [1.54, 1.807) is 6.07 Å². The van der Waals surface area contributed by atoms with Crippen molar-refractivity contribution in [3.63, 3.8) is 0 Å². The van der Waals surface area contributed by atoms with Gasteiger partial charge in [-0.1, -0.05) is 72.3 Å². The summed E-state index contributed by atoms with van der Waals surface area (Å²) < 4.78 is 45.4. The van der Waals surface area contributed by atoms with Crippen molar-refractivity contribution in [3.8, 4) is 0 Å². The molecule has 37 heavy (non-hydrogen) atoms. The molecule has 0 radical (unpaired) electrons. The van der Waals surface area contributed by atoms with Crippen molar-refractivity contribution >= 4 is 5.91 Å². The quantitative estimate of drug-likeness (QED) is 0.283. The zero-order valence-electron chi connectivity index (χ0n) is 20.7. The van der Waals surface area contributed by atoms with Gasteiger partial charge >= 0.3 is 6.18 Å². The highest BCUT2D eigenvalue weighted by Gasteiger charge is 2.30. The van der Waals surface area contributed by atoms with Gasteiger partial charge in [-0.3, -0.25) is 9.69 Å². The predicted molar refractivity (Wildman–Crippen MR) is 134 cm³/mol. The summed E-state index contributed by atoms with van der Waals surface area (Å²) in [4.78, 5) is 18.9. The second-order valence-electron chi connectivity index (χ2n) is 9.07. The first kappa shape index (κ1) is 26.2. The molecule has 0 unspecified atom stereocenters. The third kappa shape index (κ3) is 7.30. The third-order valence-corrected chi connectivity index (χ3v) is 6.00. The van der Waals surface area contributed by atoms with E-state index in [0.29, 0.717) is 24.5 Å². The topological polar surface area (TPSA) is 58.4 Å². The Morgan fingerprint density at radius 1 is 0.919 bits per heavy atom. The molecule has 0 aliphatic heterocycles. The largest absolute Gasteiger partial charge is 0.447 e. The van der Waals surface area contributed by atoms with Crippen molar-refractivity contribution in [2.24, 2.45) is 0 Å². The molecule has 1 aromatic heterocycles. The van der Waals surface area contributed by atoms with Crippen molar-refractivity contribution in [1.29, 1.82) is 0 Å². The number of aromatic nitrogens is 1. The second kappa shape index (κ2) is 11.4. The minimum Gasteiger partial charge on any atom is -0.447 e. The summed E-state index contributed by atoms with van der Waals surface area (Å²) in [5.41, 5.74) is 4.16. The van der Waals surface area contributed by atoms with Gasteiger partial charge in [-0.25, -0.2) is 4.98 Å². The molecule has 1 N–H and O–H groups in total. The summed E-state index contributed by atoms with van der Waals surface area (Å²) in [6, 6.07) is 20.9. The molecule has 0 saturated heterocycles.